The molecule has 144 valence electrons. The lowest BCUT2D eigenvalue weighted by Gasteiger charge is -2.19. The Bertz CT molecular complexity index is 850. The van der Waals surface area contributed by atoms with Gasteiger partial charge in [-0.2, -0.15) is 14.9 Å². The van der Waals surface area contributed by atoms with Crippen molar-refractivity contribution < 1.29 is 9.53 Å². The number of hydrogen-bond acceptors (Lipinski definition) is 5. The molecular weight excluding hydrogens is 360 g/mol. The molecule has 0 radical (unpaired) electrons. The largest absolute Gasteiger partial charge is 0.462 e. The molecule has 6 nitrogen and oxygen atoms in total. The second-order valence-electron chi connectivity index (χ2n) is 6.85. The summed E-state index contributed by atoms with van der Waals surface area (Å²) in [6.07, 6.45) is 9.41. The average molecular weight is 387 g/mol. The Morgan fingerprint density at radius 1 is 1.37 bits per heavy atom. The van der Waals surface area contributed by atoms with Gasteiger partial charge in [0.15, 0.2) is 5.82 Å². The second kappa shape index (κ2) is 9.60. The van der Waals surface area contributed by atoms with Crippen LogP contribution in [0, 0.1) is 4.77 Å². The minimum atomic E-state index is -0.325. The van der Waals surface area contributed by atoms with E-state index in [1.807, 2.05) is 18.2 Å². The van der Waals surface area contributed by atoms with Gasteiger partial charge in [-0.1, -0.05) is 50.8 Å². The average Bonchev–Trinajstić information content (AvgIpc) is 3.08. The van der Waals surface area contributed by atoms with Gasteiger partial charge >= 0.3 is 5.97 Å². The highest BCUT2D eigenvalue weighted by atomic mass is 32.1. The Hall–Kier alpha value is -2.28. The number of hydrogen-bond donors (Lipinski definition) is 1. The maximum atomic E-state index is 12.4. The van der Waals surface area contributed by atoms with Gasteiger partial charge in [-0.15, -0.1) is 0 Å². The summed E-state index contributed by atoms with van der Waals surface area (Å²) in [6, 6.07) is 7.31. The van der Waals surface area contributed by atoms with Gasteiger partial charge in [-0.05, 0) is 37.5 Å². The van der Waals surface area contributed by atoms with Crippen LogP contribution >= 0.6 is 12.2 Å². The molecule has 27 heavy (non-hydrogen) atoms. The van der Waals surface area contributed by atoms with Gasteiger partial charge in [-0.25, -0.2) is 4.79 Å². The summed E-state index contributed by atoms with van der Waals surface area (Å²) >= 11 is 5.35. The number of esters is 1. The molecule has 1 aliphatic rings. The molecule has 1 aliphatic carbocycles. The van der Waals surface area contributed by atoms with Crippen LogP contribution in [-0.4, -0.2) is 33.7 Å². The molecule has 0 aliphatic heterocycles. The van der Waals surface area contributed by atoms with Crippen LogP contribution in [0.2, 0.25) is 0 Å². The quantitative estimate of drug-likeness (QED) is 0.320. The van der Waals surface area contributed by atoms with E-state index < -0.39 is 0 Å². The summed E-state index contributed by atoms with van der Waals surface area (Å²) in [6.45, 7) is 2.49. The van der Waals surface area contributed by atoms with Gasteiger partial charge in [0.25, 0.3) is 0 Å². The highest BCUT2D eigenvalue weighted by molar-refractivity contribution is 7.71. The second-order valence-corrected chi connectivity index (χ2v) is 7.24. The van der Waals surface area contributed by atoms with E-state index in [9.17, 15) is 4.79 Å². The van der Waals surface area contributed by atoms with Crippen LogP contribution in [0.25, 0.3) is 0 Å². The Kier molecular flexibility index (Phi) is 6.92. The lowest BCUT2D eigenvalue weighted by Crippen LogP contribution is -2.11. The van der Waals surface area contributed by atoms with Crippen molar-refractivity contribution >= 4 is 24.4 Å². The smallest absolute Gasteiger partial charge is 0.338 e. The van der Waals surface area contributed by atoms with Crippen molar-refractivity contribution in [3.8, 4) is 0 Å². The fourth-order valence-corrected chi connectivity index (χ4v) is 3.53. The first kappa shape index (κ1) is 19.5. The van der Waals surface area contributed by atoms with E-state index in [2.05, 4.69) is 22.2 Å². The molecule has 0 bridgehead atoms. The molecule has 0 atom stereocenters. The zero-order valence-electron chi connectivity index (χ0n) is 15.7. The van der Waals surface area contributed by atoms with Crippen molar-refractivity contribution in [3.63, 3.8) is 0 Å². The Morgan fingerprint density at radius 3 is 2.93 bits per heavy atom. The summed E-state index contributed by atoms with van der Waals surface area (Å²) in [5.74, 6) is 0.922. The normalized spacial score (nSPS) is 15.3. The van der Waals surface area contributed by atoms with Gasteiger partial charge in [0.2, 0.25) is 4.77 Å². The minimum Gasteiger partial charge on any atom is -0.462 e. The SMILES string of the molecule is CCCCOC(=O)c1ccccc1/C=N\n1c(C2CCCCC2)n[nH]c1=S. The molecule has 3 rings (SSSR count). The molecule has 0 saturated heterocycles. The molecule has 1 fully saturated rings. The monoisotopic (exact) mass is 386 g/mol. The van der Waals surface area contributed by atoms with Crippen LogP contribution in [-0.2, 0) is 4.74 Å². The van der Waals surface area contributed by atoms with Gasteiger partial charge < -0.3 is 4.74 Å². The lowest BCUT2D eigenvalue weighted by atomic mass is 9.89. The van der Waals surface area contributed by atoms with E-state index in [0.29, 0.717) is 28.4 Å². The van der Waals surface area contributed by atoms with Gasteiger partial charge in [0.1, 0.15) is 0 Å². The molecule has 1 aromatic heterocycles. The van der Waals surface area contributed by atoms with Crippen molar-refractivity contribution in [1.82, 2.24) is 14.9 Å². The first-order chi connectivity index (χ1) is 13.2. The Morgan fingerprint density at radius 2 is 2.15 bits per heavy atom. The lowest BCUT2D eigenvalue weighted by molar-refractivity contribution is 0.0499. The zero-order valence-corrected chi connectivity index (χ0v) is 16.5. The highest BCUT2D eigenvalue weighted by Crippen LogP contribution is 2.31. The Balaban J connectivity index is 1.82. The number of rotatable bonds is 7. The van der Waals surface area contributed by atoms with Gasteiger partial charge in [0.05, 0.1) is 18.4 Å². The van der Waals surface area contributed by atoms with Crippen molar-refractivity contribution in [3.05, 3.63) is 46.0 Å². The molecule has 0 unspecified atom stereocenters. The molecule has 1 aromatic carbocycles. The van der Waals surface area contributed by atoms with E-state index in [1.165, 1.54) is 19.3 Å². The molecule has 1 heterocycles. The number of aromatic nitrogens is 3. The maximum absolute atomic E-state index is 12.4. The maximum Gasteiger partial charge on any atom is 0.338 e. The minimum absolute atomic E-state index is 0.325. The number of benzene rings is 1. The summed E-state index contributed by atoms with van der Waals surface area (Å²) in [4.78, 5) is 12.4. The van der Waals surface area contributed by atoms with Crippen molar-refractivity contribution in [2.75, 3.05) is 6.61 Å². The third kappa shape index (κ3) is 4.91. The van der Waals surface area contributed by atoms with Crippen molar-refractivity contribution in [1.29, 1.82) is 0 Å². The van der Waals surface area contributed by atoms with Crippen molar-refractivity contribution in [2.45, 2.75) is 57.8 Å². The van der Waals surface area contributed by atoms with Crippen LogP contribution in [0.5, 0.6) is 0 Å². The molecule has 1 saturated carbocycles. The van der Waals surface area contributed by atoms with Crippen LogP contribution in [0.15, 0.2) is 29.4 Å². The van der Waals surface area contributed by atoms with Crippen LogP contribution in [0.4, 0.5) is 0 Å². The molecule has 0 spiro atoms. The number of carbonyl (C=O) groups excluding carboxylic acids is 1. The molecule has 2 aromatic rings. The summed E-state index contributed by atoms with van der Waals surface area (Å²) in [5.41, 5.74) is 1.21. The number of aromatic amines is 1. The first-order valence-electron chi connectivity index (χ1n) is 9.68. The number of nitrogens with one attached hydrogen (secondary N) is 1. The number of carbonyl (C=O) groups is 1. The van der Waals surface area contributed by atoms with E-state index in [4.69, 9.17) is 17.0 Å². The predicted molar refractivity (Wildman–Crippen MR) is 108 cm³/mol. The van der Waals surface area contributed by atoms with Crippen LogP contribution < -0.4 is 0 Å². The van der Waals surface area contributed by atoms with Crippen LogP contribution in [0.3, 0.4) is 0 Å². The molecule has 1 N–H and O–H groups in total. The number of nitrogens with zero attached hydrogens (tertiary/aromatic N) is 3. The van der Waals surface area contributed by atoms with Crippen molar-refractivity contribution in [2.24, 2.45) is 5.10 Å². The summed E-state index contributed by atoms with van der Waals surface area (Å²) in [7, 11) is 0. The van der Waals surface area contributed by atoms with E-state index in [1.54, 1.807) is 17.0 Å². The molecular formula is C20H26N4O2S. The van der Waals surface area contributed by atoms with Gasteiger partial charge in [-0.3, -0.25) is 5.10 Å². The van der Waals surface area contributed by atoms with E-state index in [-0.39, 0.29) is 5.97 Å². The van der Waals surface area contributed by atoms with Gasteiger partial charge in [0, 0.05) is 11.5 Å². The first-order valence-corrected chi connectivity index (χ1v) is 10.1. The number of unbranched alkanes of at least 4 members (excludes halogenated alkanes) is 1. The third-order valence-corrected chi connectivity index (χ3v) is 5.13. The highest BCUT2D eigenvalue weighted by Gasteiger charge is 2.21. The van der Waals surface area contributed by atoms with E-state index in [0.717, 1.165) is 31.5 Å². The standard InChI is InChI=1S/C20H26N4O2S/c1-2-3-13-26-19(25)17-12-8-7-11-16(17)14-21-24-18(22-23-20(24)27)15-9-5-4-6-10-15/h7-8,11-12,14-15H,2-6,9-10,13H2,1H3,(H,23,27)/b21-14-. The summed E-state index contributed by atoms with van der Waals surface area (Å²) in [5, 5.41) is 11.8. The molecule has 0 amide bonds. The predicted octanol–water partition coefficient (Wildman–Crippen LogP) is 4.83. The molecule has 7 heteroatoms. The van der Waals surface area contributed by atoms with Crippen LogP contribution in [0.1, 0.15) is 79.5 Å². The summed E-state index contributed by atoms with van der Waals surface area (Å²) < 4.78 is 7.49. The zero-order chi connectivity index (χ0) is 19.1. The number of ether oxygens (including phenoxy) is 1. The third-order valence-electron chi connectivity index (χ3n) is 4.87. The fraction of sp³-hybridized carbons (Fsp3) is 0.500. The fourth-order valence-electron chi connectivity index (χ4n) is 3.34. The number of H-pyrrole nitrogens is 1. The Labute approximate surface area is 164 Å². The topological polar surface area (TPSA) is 72.3 Å². The van der Waals surface area contributed by atoms with E-state index >= 15 is 0 Å².